The number of fused-ring (bicyclic) bond motifs is 1. The van der Waals surface area contributed by atoms with E-state index in [2.05, 4.69) is 23.6 Å². The summed E-state index contributed by atoms with van der Waals surface area (Å²) in [6, 6.07) is 6.32. The number of carbonyl (C=O) groups is 1. The van der Waals surface area contributed by atoms with Crippen LogP contribution in [0.25, 0.3) is 0 Å². The monoisotopic (exact) mass is 276 g/mol. The molecular formula is C16H24N2O2. The largest absolute Gasteiger partial charge is 0.393 e. The number of anilines is 1. The number of hydrogen-bond donors (Lipinski definition) is 3. The van der Waals surface area contributed by atoms with E-state index in [1.165, 1.54) is 5.56 Å². The first-order valence-corrected chi connectivity index (χ1v) is 7.19. The normalized spacial score (nSPS) is 19.4. The van der Waals surface area contributed by atoms with Crippen molar-refractivity contribution in [1.82, 2.24) is 5.32 Å². The Balaban J connectivity index is 2.12. The molecule has 4 heteroatoms. The summed E-state index contributed by atoms with van der Waals surface area (Å²) in [6.45, 7) is 8.56. The van der Waals surface area contributed by atoms with Crippen LogP contribution in [0.4, 0.5) is 5.69 Å². The molecule has 2 atom stereocenters. The maximum Gasteiger partial charge on any atom is 0.234 e. The molecule has 2 rings (SSSR count). The van der Waals surface area contributed by atoms with Crippen molar-refractivity contribution in [2.75, 3.05) is 11.9 Å². The Morgan fingerprint density at radius 3 is 2.70 bits per heavy atom. The molecule has 3 N–H and O–H groups in total. The fraction of sp³-hybridized carbons (Fsp3) is 0.562. The van der Waals surface area contributed by atoms with Gasteiger partial charge in [0.2, 0.25) is 5.91 Å². The lowest BCUT2D eigenvalue weighted by Gasteiger charge is -2.19. The van der Waals surface area contributed by atoms with Crippen molar-refractivity contribution in [3.8, 4) is 0 Å². The van der Waals surface area contributed by atoms with Gasteiger partial charge in [-0.3, -0.25) is 4.79 Å². The highest BCUT2D eigenvalue weighted by Gasteiger charge is 2.38. The predicted octanol–water partition coefficient (Wildman–Crippen LogP) is 2.34. The number of rotatable bonds is 5. The first-order chi connectivity index (χ1) is 9.32. The smallest absolute Gasteiger partial charge is 0.234 e. The molecule has 0 saturated carbocycles. The summed E-state index contributed by atoms with van der Waals surface area (Å²) >= 11 is 0. The molecule has 1 amide bonds. The Hall–Kier alpha value is -1.39. The Kier molecular flexibility index (Phi) is 4.16. The molecule has 1 heterocycles. The molecule has 0 fully saturated rings. The molecule has 1 aromatic carbocycles. The van der Waals surface area contributed by atoms with Crippen molar-refractivity contribution in [3.05, 3.63) is 29.3 Å². The van der Waals surface area contributed by atoms with Gasteiger partial charge >= 0.3 is 0 Å². The molecule has 0 saturated heterocycles. The number of hydrogen-bond acceptors (Lipinski definition) is 3. The molecule has 1 aromatic rings. The van der Waals surface area contributed by atoms with Gasteiger partial charge in [0.1, 0.15) is 0 Å². The summed E-state index contributed by atoms with van der Waals surface area (Å²) in [7, 11) is 0. The zero-order chi connectivity index (χ0) is 14.9. The van der Waals surface area contributed by atoms with Crippen LogP contribution in [0.5, 0.6) is 0 Å². The Morgan fingerprint density at radius 1 is 1.35 bits per heavy atom. The van der Waals surface area contributed by atoms with Crippen molar-refractivity contribution in [2.45, 2.75) is 51.7 Å². The maximum atomic E-state index is 11.9. The number of carbonyl (C=O) groups excluding carboxylic acids is 1. The van der Waals surface area contributed by atoms with Gasteiger partial charge in [-0.15, -0.1) is 0 Å². The quantitative estimate of drug-likeness (QED) is 0.773. The van der Waals surface area contributed by atoms with Gasteiger partial charge in [0.25, 0.3) is 0 Å². The fourth-order valence-corrected chi connectivity index (χ4v) is 2.48. The lowest BCUT2D eigenvalue weighted by molar-refractivity contribution is -0.119. The van der Waals surface area contributed by atoms with E-state index in [4.69, 9.17) is 0 Å². The highest BCUT2D eigenvalue weighted by atomic mass is 16.3. The molecule has 0 bridgehead atoms. The van der Waals surface area contributed by atoms with Crippen molar-refractivity contribution in [1.29, 1.82) is 0 Å². The minimum Gasteiger partial charge on any atom is -0.393 e. The Morgan fingerprint density at radius 2 is 2.05 bits per heavy atom. The van der Waals surface area contributed by atoms with Crippen LogP contribution in [0.2, 0.25) is 0 Å². The second-order valence-electron chi connectivity index (χ2n) is 6.20. The summed E-state index contributed by atoms with van der Waals surface area (Å²) in [5.41, 5.74) is 2.67. The van der Waals surface area contributed by atoms with Crippen molar-refractivity contribution in [2.24, 2.45) is 0 Å². The Labute approximate surface area is 120 Å². The Bertz CT molecular complexity index is 509. The summed E-state index contributed by atoms with van der Waals surface area (Å²) in [5, 5.41) is 15.6. The topological polar surface area (TPSA) is 61.4 Å². The van der Waals surface area contributed by atoms with Gasteiger partial charge in [-0.2, -0.15) is 0 Å². The van der Waals surface area contributed by atoms with Crippen LogP contribution in [-0.4, -0.2) is 23.7 Å². The molecule has 0 spiro atoms. The molecule has 110 valence electrons. The molecule has 2 unspecified atom stereocenters. The third kappa shape index (κ3) is 2.86. The number of benzene rings is 1. The number of amides is 1. The van der Waals surface area contributed by atoms with E-state index in [1.54, 1.807) is 6.92 Å². The molecular weight excluding hydrogens is 252 g/mol. The lowest BCUT2D eigenvalue weighted by atomic mass is 9.85. The van der Waals surface area contributed by atoms with Crippen LogP contribution in [0.15, 0.2) is 18.2 Å². The number of aliphatic hydroxyl groups is 1. The third-order valence-corrected chi connectivity index (χ3v) is 4.05. The number of nitrogens with one attached hydrogen (secondary N) is 2. The summed E-state index contributed by atoms with van der Waals surface area (Å²) < 4.78 is 0. The molecule has 0 aromatic heterocycles. The van der Waals surface area contributed by atoms with Gasteiger partial charge in [0, 0.05) is 11.7 Å². The first kappa shape index (κ1) is 15.0. The highest BCUT2D eigenvalue weighted by Crippen LogP contribution is 2.38. The summed E-state index contributed by atoms with van der Waals surface area (Å²) in [5.74, 6) is 0.0550. The van der Waals surface area contributed by atoms with E-state index < -0.39 is 5.41 Å². The second kappa shape index (κ2) is 5.54. The second-order valence-corrected chi connectivity index (χ2v) is 6.20. The molecule has 1 aliphatic rings. The molecule has 4 nitrogen and oxygen atoms in total. The SMILES string of the molecule is CC(O)CCNC(C)c1ccc2c(c1)C(C)(C)C(=O)N2. The van der Waals surface area contributed by atoms with Gasteiger partial charge in [0.15, 0.2) is 0 Å². The molecule has 20 heavy (non-hydrogen) atoms. The van der Waals surface area contributed by atoms with Crippen molar-refractivity contribution < 1.29 is 9.90 Å². The number of aliphatic hydroxyl groups excluding tert-OH is 1. The van der Waals surface area contributed by atoms with Crippen LogP contribution in [-0.2, 0) is 10.2 Å². The van der Waals surface area contributed by atoms with Crippen molar-refractivity contribution >= 4 is 11.6 Å². The molecule has 1 aliphatic heterocycles. The third-order valence-electron chi connectivity index (χ3n) is 4.05. The van der Waals surface area contributed by atoms with Gasteiger partial charge in [-0.1, -0.05) is 12.1 Å². The molecule has 0 radical (unpaired) electrons. The average molecular weight is 276 g/mol. The van der Waals surface area contributed by atoms with Crippen LogP contribution in [0.1, 0.15) is 51.3 Å². The van der Waals surface area contributed by atoms with E-state index in [1.807, 2.05) is 26.0 Å². The van der Waals surface area contributed by atoms with E-state index in [-0.39, 0.29) is 18.1 Å². The van der Waals surface area contributed by atoms with Crippen LogP contribution >= 0.6 is 0 Å². The zero-order valence-electron chi connectivity index (χ0n) is 12.7. The van der Waals surface area contributed by atoms with E-state index in [9.17, 15) is 9.90 Å². The summed E-state index contributed by atoms with van der Waals surface area (Å²) in [4.78, 5) is 11.9. The fourth-order valence-electron chi connectivity index (χ4n) is 2.48. The lowest BCUT2D eigenvalue weighted by Crippen LogP contribution is -2.27. The van der Waals surface area contributed by atoms with Gasteiger partial charge in [-0.25, -0.2) is 0 Å². The van der Waals surface area contributed by atoms with E-state index in [0.717, 1.165) is 24.2 Å². The highest BCUT2D eigenvalue weighted by molar-refractivity contribution is 6.05. The van der Waals surface area contributed by atoms with Crippen LogP contribution in [0.3, 0.4) is 0 Å². The molecule has 0 aliphatic carbocycles. The predicted molar refractivity (Wildman–Crippen MR) is 80.8 cm³/mol. The van der Waals surface area contributed by atoms with E-state index in [0.29, 0.717) is 0 Å². The summed E-state index contributed by atoms with van der Waals surface area (Å²) in [6.07, 6.45) is 0.455. The minimum atomic E-state index is -0.468. The van der Waals surface area contributed by atoms with Gasteiger partial charge < -0.3 is 15.7 Å². The standard InChI is InChI=1S/C16H24N2O2/c1-10(19)7-8-17-11(2)12-5-6-14-13(9-12)16(3,4)15(20)18-14/h5-6,9-11,17,19H,7-8H2,1-4H3,(H,18,20). The van der Waals surface area contributed by atoms with Crippen LogP contribution < -0.4 is 10.6 Å². The van der Waals surface area contributed by atoms with Crippen LogP contribution in [0, 0.1) is 0 Å². The van der Waals surface area contributed by atoms with Crippen molar-refractivity contribution in [3.63, 3.8) is 0 Å². The van der Waals surface area contributed by atoms with Gasteiger partial charge in [-0.05, 0) is 57.9 Å². The first-order valence-electron chi connectivity index (χ1n) is 7.19. The minimum absolute atomic E-state index is 0.0550. The maximum absolute atomic E-state index is 11.9. The van der Waals surface area contributed by atoms with E-state index >= 15 is 0 Å². The zero-order valence-corrected chi connectivity index (χ0v) is 12.7. The van der Waals surface area contributed by atoms with Gasteiger partial charge in [0.05, 0.1) is 11.5 Å². The average Bonchev–Trinajstić information content (AvgIpc) is 2.59.